The zero-order chi connectivity index (χ0) is 15.8. The standard InChI is InChI=1S/C14H13BrF3NO2/c1-8-7-19(5-4-12(8)20)13(21)10-3-2-9(15)6-11(10)14(16,17)18/h2-3,6,8H,4-5,7H2,1H3. The predicted octanol–water partition coefficient (Wildman–Crippen LogP) is 3.52. The number of carbonyl (C=O) groups excluding carboxylic acids is 2. The van der Waals surface area contributed by atoms with Crippen LogP contribution in [-0.4, -0.2) is 29.7 Å². The summed E-state index contributed by atoms with van der Waals surface area (Å²) in [5, 5.41) is 0. The van der Waals surface area contributed by atoms with E-state index in [4.69, 9.17) is 0 Å². The van der Waals surface area contributed by atoms with E-state index in [1.807, 2.05) is 0 Å². The smallest absolute Gasteiger partial charge is 0.337 e. The molecule has 0 N–H and O–H groups in total. The highest BCUT2D eigenvalue weighted by Crippen LogP contribution is 2.34. The van der Waals surface area contributed by atoms with Crippen LogP contribution >= 0.6 is 15.9 Å². The molecule has 1 aromatic rings. The third kappa shape index (κ3) is 3.45. The van der Waals surface area contributed by atoms with Gasteiger partial charge in [-0.2, -0.15) is 13.2 Å². The van der Waals surface area contributed by atoms with E-state index in [2.05, 4.69) is 15.9 Å². The molecule has 1 aromatic carbocycles. The van der Waals surface area contributed by atoms with Crippen molar-refractivity contribution in [2.75, 3.05) is 13.1 Å². The Balaban J connectivity index is 2.34. The second kappa shape index (κ2) is 5.79. The first-order valence-electron chi connectivity index (χ1n) is 6.39. The molecule has 0 aromatic heterocycles. The van der Waals surface area contributed by atoms with Crippen LogP contribution < -0.4 is 0 Å². The lowest BCUT2D eigenvalue weighted by molar-refractivity contribution is -0.138. The summed E-state index contributed by atoms with van der Waals surface area (Å²) in [5.74, 6) is -0.993. The van der Waals surface area contributed by atoms with Gasteiger partial charge in [-0.25, -0.2) is 0 Å². The summed E-state index contributed by atoms with van der Waals surface area (Å²) >= 11 is 2.98. The zero-order valence-corrected chi connectivity index (χ0v) is 12.8. The van der Waals surface area contributed by atoms with Crippen LogP contribution in [0.5, 0.6) is 0 Å². The van der Waals surface area contributed by atoms with Crippen LogP contribution in [0.3, 0.4) is 0 Å². The van der Waals surface area contributed by atoms with E-state index in [0.717, 1.165) is 12.1 Å². The molecular weight excluding hydrogens is 351 g/mol. The number of nitrogens with zero attached hydrogens (tertiary/aromatic N) is 1. The van der Waals surface area contributed by atoms with Crippen molar-refractivity contribution >= 4 is 27.6 Å². The van der Waals surface area contributed by atoms with Gasteiger partial charge in [0.2, 0.25) is 0 Å². The van der Waals surface area contributed by atoms with Gasteiger partial charge in [-0.05, 0) is 18.2 Å². The Kier molecular flexibility index (Phi) is 4.41. The Morgan fingerprint density at radius 3 is 2.62 bits per heavy atom. The van der Waals surface area contributed by atoms with E-state index in [9.17, 15) is 22.8 Å². The molecule has 1 fully saturated rings. The number of rotatable bonds is 1. The first-order valence-corrected chi connectivity index (χ1v) is 7.18. The Labute approximate surface area is 128 Å². The number of Topliss-reactive ketones (excluding diaryl/α,β-unsaturated/α-hetero) is 1. The Morgan fingerprint density at radius 2 is 2.05 bits per heavy atom. The summed E-state index contributed by atoms with van der Waals surface area (Å²) in [5.41, 5.74) is -1.35. The van der Waals surface area contributed by atoms with Gasteiger partial charge >= 0.3 is 6.18 Å². The van der Waals surface area contributed by atoms with Crippen LogP contribution in [-0.2, 0) is 11.0 Å². The lowest BCUT2D eigenvalue weighted by atomic mass is 9.97. The second-order valence-electron chi connectivity index (χ2n) is 5.06. The van der Waals surface area contributed by atoms with Crippen LogP contribution in [0, 0.1) is 5.92 Å². The largest absolute Gasteiger partial charge is 0.417 e. The number of hydrogen-bond acceptors (Lipinski definition) is 2. The van der Waals surface area contributed by atoms with E-state index >= 15 is 0 Å². The third-order valence-corrected chi connectivity index (χ3v) is 3.97. The number of piperidine rings is 1. The van der Waals surface area contributed by atoms with Crippen molar-refractivity contribution in [1.29, 1.82) is 0 Å². The van der Waals surface area contributed by atoms with Crippen molar-refractivity contribution < 1.29 is 22.8 Å². The maximum absolute atomic E-state index is 13.0. The molecule has 1 unspecified atom stereocenters. The molecule has 0 bridgehead atoms. The van der Waals surface area contributed by atoms with Crippen LogP contribution in [0.1, 0.15) is 29.3 Å². The van der Waals surface area contributed by atoms with Crippen molar-refractivity contribution in [1.82, 2.24) is 4.90 Å². The molecule has 1 saturated heterocycles. The summed E-state index contributed by atoms with van der Waals surface area (Å²) in [6.45, 7) is 1.99. The molecule has 0 spiro atoms. The fraction of sp³-hybridized carbons (Fsp3) is 0.429. The SMILES string of the molecule is CC1CN(C(=O)c2ccc(Br)cc2C(F)(F)F)CCC1=O. The minimum absolute atomic E-state index is 0.0332. The van der Waals surface area contributed by atoms with Gasteiger partial charge in [0.25, 0.3) is 5.91 Å². The number of halogens is 4. The number of carbonyl (C=O) groups is 2. The predicted molar refractivity (Wildman–Crippen MR) is 73.8 cm³/mol. The number of alkyl halides is 3. The highest BCUT2D eigenvalue weighted by atomic mass is 79.9. The van der Waals surface area contributed by atoms with Crippen LogP contribution in [0.4, 0.5) is 13.2 Å². The topological polar surface area (TPSA) is 37.4 Å². The summed E-state index contributed by atoms with van der Waals surface area (Å²) in [6, 6.07) is 3.46. The molecule has 7 heteroatoms. The first-order chi connectivity index (χ1) is 9.70. The molecule has 2 rings (SSSR count). The summed E-state index contributed by atoms with van der Waals surface area (Å²) in [4.78, 5) is 25.1. The maximum Gasteiger partial charge on any atom is 0.417 e. The van der Waals surface area contributed by atoms with Crippen molar-refractivity contribution in [2.45, 2.75) is 19.5 Å². The van der Waals surface area contributed by atoms with Gasteiger partial charge in [0, 0.05) is 29.9 Å². The Hall–Kier alpha value is -1.37. The highest BCUT2D eigenvalue weighted by Gasteiger charge is 2.37. The molecule has 1 atom stereocenters. The lowest BCUT2D eigenvalue weighted by Crippen LogP contribution is -2.43. The van der Waals surface area contributed by atoms with E-state index in [1.165, 1.54) is 11.0 Å². The normalized spacial score (nSPS) is 19.8. The fourth-order valence-corrected chi connectivity index (χ4v) is 2.67. The Bertz CT molecular complexity index is 586. The minimum atomic E-state index is -4.61. The molecule has 3 nitrogen and oxygen atoms in total. The van der Waals surface area contributed by atoms with Gasteiger partial charge in [0.05, 0.1) is 11.1 Å². The molecule has 1 heterocycles. The summed E-state index contributed by atoms with van der Waals surface area (Å²) in [6.07, 6.45) is -4.42. The van der Waals surface area contributed by atoms with Crippen LogP contribution in [0.2, 0.25) is 0 Å². The number of benzene rings is 1. The van der Waals surface area contributed by atoms with Crippen LogP contribution in [0.15, 0.2) is 22.7 Å². The van der Waals surface area contributed by atoms with Gasteiger partial charge in [0.1, 0.15) is 5.78 Å². The van der Waals surface area contributed by atoms with E-state index in [0.29, 0.717) is 0 Å². The molecule has 1 aliphatic heterocycles. The van der Waals surface area contributed by atoms with Crippen molar-refractivity contribution in [3.8, 4) is 0 Å². The van der Waals surface area contributed by atoms with E-state index < -0.39 is 17.6 Å². The molecule has 1 aliphatic rings. The Morgan fingerprint density at radius 1 is 1.38 bits per heavy atom. The van der Waals surface area contributed by atoms with Crippen LogP contribution in [0.25, 0.3) is 0 Å². The summed E-state index contributed by atoms with van der Waals surface area (Å²) < 4.78 is 39.4. The minimum Gasteiger partial charge on any atom is -0.337 e. The van der Waals surface area contributed by atoms with Gasteiger partial charge in [0.15, 0.2) is 0 Å². The number of ketones is 1. The van der Waals surface area contributed by atoms with Gasteiger partial charge in [-0.15, -0.1) is 0 Å². The number of likely N-dealkylation sites (tertiary alicyclic amines) is 1. The van der Waals surface area contributed by atoms with Crippen molar-refractivity contribution in [2.24, 2.45) is 5.92 Å². The van der Waals surface area contributed by atoms with Gasteiger partial charge < -0.3 is 4.90 Å². The monoisotopic (exact) mass is 363 g/mol. The average Bonchev–Trinajstić information content (AvgIpc) is 2.40. The quantitative estimate of drug-likeness (QED) is 0.765. The number of amides is 1. The highest BCUT2D eigenvalue weighted by molar-refractivity contribution is 9.10. The molecule has 1 amide bonds. The summed E-state index contributed by atoms with van der Waals surface area (Å²) in [7, 11) is 0. The molecular formula is C14H13BrF3NO2. The molecule has 21 heavy (non-hydrogen) atoms. The molecule has 0 radical (unpaired) electrons. The fourth-order valence-electron chi connectivity index (χ4n) is 2.31. The van der Waals surface area contributed by atoms with E-state index in [-0.39, 0.29) is 41.2 Å². The molecule has 114 valence electrons. The molecule has 0 saturated carbocycles. The molecule has 0 aliphatic carbocycles. The van der Waals surface area contributed by atoms with E-state index in [1.54, 1.807) is 6.92 Å². The maximum atomic E-state index is 13.0. The van der Waals surface area contributed by atoms with Crippen molar-refractivity contribution in [3.05, 3.63) is 33.8 Å². The zero-order valence-electron chi connectivity index (χ0n) is 11.2. The van der Waals surface area contributed by atoms with Gasteiger partial charge in [-0.3, -0.25) is 9.59 Å². The lowest BCUT2D eigenvalue weighted by Gasteiger charge is -2.30. The third-order valence-electron chi connectivity index (χ3n) is 3.48. The van der Waals surface area contributed by atoms with Crippen molar-refractivity contribution in [3.63, 3.8) is 0 Å². The first kappa shape index (κ1) is 16.0. The van der Waals surface area contributed by atoms with Gasteiger partial charge in [-0.1, -0.05) is 22.9 Å². The average molecular weight is 364 g/mol. The number of hydrogen-bond donors (Lipinski definition) is 0. The second-order valence-corrected chi connectivity index (χ2v) is 5.97.